The van der Waals surface area contributed by atoms with Crippen LogP contribution in [0.2, 0.25) is 5.02 Å². The van der Waals surface area contributed by atoms with Crippen LogP contribution >= 0.6 is 11.6 Å². The van der Waals surface area contributed by atoms with E-state index < -0.39 is 5.97 Å². The lowest BCUT2D eigenvalue weighted by atomic mass is 9.63. The van der Waals surface area contributed by atoms with Crippen molar-refractivity contribution in [2.75, 3.05) is 7.11 Å². The lowest BCUT2D eigenvalue weighted by molar-refractivity contribution is -0.140. The number of methoxy groups -OCH3 is 1. The molecule has 6 atom stereocenters. The van der Waals surface area contributed by atoms with E-state index >= 15 is 0 Å². The van der Waals surface area contributed by atoms with Gasteiger partial charge >= 0.3 is 5.97 Å². The number of benzene rings is 1. The van der Waals surface area contributed by atoms with Crippen LogP contribution in [0.5, 0.6) is 0 Å². The first kappa shape index (κ1) is 19.5. The molecule has 0 unspecified atom stereocenters. The Morgan fingerprint density at radius 2 is 1.81 bits per heavy atom. The number of hydrogen-bond donors (Lipinski definition) is 0. The second-order valence-corrected chi connectivity index (χ2v) is 9.18. The van der Waals surface area contributed by atoms with Gasteiger partial charge in [0.15, 0.2) is 0 Å². The Morgan fingerprint density at radius 1 is 1.12 bits per heavy atom. The monoisotopic (exact) mass is 450 g/mol. The van der Waals surface area contributed by atoms with Crippen LogP contribution in [-0.2, 0) is 14.3 Å². The highest BCUT2D eigenvalue weighted by Crippen LogP contribution is 2.65. The van der Waals surface area contributed by atoms with Gasteiger partial charge in [0.2, 0.25) is 0 Å². The van der Waals surface area contributed by atoms with E-state index in [2.05, 4.69) is 17.3 Å². The molecule has 2 saturated carbocycles. The lowest BCUT2D eigenvalue weighted by Crippen LogP contribution is -2.40. The molecule has 1 aromatic carbocycles. The number of imide groups is 1. The van der Waals surface area contributed by atoms with E-state index in [1.807, 2.05) is 0 Å². The molecule has 0 spiro atoms. The van der Waals surface area contributed by atoms with Crippen LogP contribution in [-0.4, -0.2) is 36.1 Å². The summed E-state index contributed by atoms with van der Waals surface area (Å²) < 4.78 is 10.5. The van der Waals surface area contributed by atoms with E-state index in [0.29, 0.717) is 28.9 Å². The minimum Gasteiger partial charge on any atom is -0.465 e. The number of amides is 2. The van der Waals surface area contributed by atoms with Crippen LogP contribution in [0.15, 0.2) is 52.0 Å². The lowest BCUT2D eigenvalue weighted by Gasteiger charge is -2.37. The fraction of sp³-hybridized carbons (Fsp3) is 0.333. The third kappa shape index (κ3) is 2.73. The molecule has 1 aliphatic heterocycles. The summed E-state index contributed by atoms with van der Waals surface area (Å²) in [5.74, 6) is 0.763. The van der Waals surface area contributed by atoms with Crippen LogP contribution < -0.4 is 0 Å². The van der Waals surface area contributed by atoms with Gasteiger partial charge in [0.25, 0.3) is 11.8 Å². The number of ether oxygens (including phenoxy) is 1. The summed E-state index contributed by atoms with van der Waals surface area (Å²) in [6.45, 7) is 0. The average Bonchev–Trinajstić information content (AvgIpc) is 3.44. The van der Waals surface area contributed by atoms with Gasteiger partial charge in [-0.05, 0) is 60.4 Å². The molecule has 2 bridgehead atoms. The van der Waals surface area contributed by atoms with Crippen molar-refractivity contribution in [3.63, 3.8) is 0 Å². The van der Waals surface area contributed by atoms with Crippen molar-refractivity contribution in [1.82, 2.24) is 5.01 Å². The first-order chi connectivity index (χ1) is 15.5. The van der Waals surface area contributed by atoms with Crippen molar-refractivity contribution in [3.05, 3.63) is 58.8 Å². The zero-order valence-corrected chi connectivity index (χ0v) is 17.9. The summed E-state index contributed by atoms with van der Waals surface area (Å²) in [6.07, 6.45) is 6.76. The van der Waals surface area contributed by atoms with Crippen molar-refractivity contribution >= 4 is 35.6 Å². The van der Waals surface area contributed by atoms with E-state index in [1.54, 1.807) is 30.3 Å². The highest BCUT2D eigenvalue weighted by molar-refractivity contribution is 6.33. The zero-order valence-electron chi connectivity index (χ0n) is 17.1. The third-order valence-corrected chi connectivity index (χ3v) is 7.55. The summed E-state index contributed by atoms with van der Waals surface area (Å²) in [7, 11) is 1.29. The van der Waals surface area contributed by atoms with Gasteiger partial charge in [-0.15, -0.1) is 0 Å². The van der Waals surface area contributed by atoms with Crippen molar-refractivity contribution < 1.29 is 23.5 Å². The zero-order chi connectivity index (χ0) is 22.1. The Morgan fingerprint density at radius 3 is 2.47 bits per heavy atom. The van der Waals surface area contributed by atoms with Crippen LogP contribution in [0.25, 0.3) is 11.3 Å². The van der Waals surface area contributed by atoms with E-state index in [4.69, 9.17) is 20.8 Å². The van der Waals surface area contributed by atoms with Crippen molar-refractivity contribution in [3.8, 4) is 11.3 Å². The summed E-state index contributed by atoms with van der Waals surface area (Å²) >= 11 is 6.07. The average molecular weight is 451 g/mol. The molecule has 1 aromatic heterocycles. The standard InChI is InChI=1S/C24H19ClN2O5/c1-31-24(30)17-8-11(2-6-18(17)25)19-7-3-12(32-19)10-26-27-22(28)20-13-4-5-14(16-9-15(13)16)21(20)23(27)29/h2-8,10,13-16,20-21H,9H2,1H3/b26-10+/t13-,14-,15-,16-,20-,21+/m1/s1. The molecule has 8 heteroatoms. The van der Waals surface area contributed by atoms with Crippen molar-refractivity contribution in [2.45, 2.75) is 6.42 Å². The molecular weight excluding hydrogens is 432 g/mol. The molecule has 32 heavy (non-hydrogen) atoms. The maximum Gasteiger partial charge on any atom is 0.339 e. The molecule has 2 heterocycles. The first-order valence-electron chi connectivity index (χ1n) is 10.6. The molecule has 162 valence electrons. The Hall–Kier alpha value is -3.19. The van der Waals surface area contributed by atoms with Gasteiger partial charge in [0, 0.05) is 5.56 Å². The third-order valence-electron chi connectivity index (χ3n) is 7.22. The molecule has 1 saturated heterocycles. The number of esters is 1. The van der Waals surface area contributed by atoms with Gasteiger partial charge in [-0.2, -0.15) is 10.1 Å². The molecule has 5 aliphatic rings. The summed E-state index contributed by atoms with van der Waals surface area (Å²) in [5.41, 5.74) is 0.867. The second kappa shape index (κ2) is 6.90. The number of allylic oxidation sites excluding steroid dienone is 2. The highest BCUT2D eigenvalue weighted by Gasteiger charge is 2.67. The highest BCUT2D eigenvalue weighted by atomic mass is 35.5. The van der Waals surface area contributed by atoms with E-state index in [0.717, 1.165) is 11.4 Å². The summed E-state index contributed by atoms with van der Waals surface area (Å²) in [5, 5.41) is 5.49. The maximum atomic E-state index is 13.0. The predicted molar refractivity (Wildman–Crippen MR) is 115 cm³/mol. The number of rotatable bonds is 4. The van der Waals surface area contributed by atoms with Gasteiger partial charge in [-0.1, -0.05) is 23.8 Å². The van der Waals surface area contributed by atoms with E-state index in [1.165, 1.54) is 13.3 Å². The smallest absolute Gasteiger partial charge is 0.339 e. The van der Waals surface area contributed by atoms with Gasteiger partial charge in [0.05, 0.1) is 35.7 Å². The summed E-state index contributed by atoms with van der Waals surface area (Å²) in [4.78, 5) is 37.9. The van der Waals surface area contributed by atoms with Crippen LogP contribution in [0.1, 0.15) is 22.5 Å². The minimum atomic E-state index is -0.543. The van der Waals surface area contributed by atoms with E-state index in [-0.39, 0.29) is 46.1 Å². The quantitative estimate of drug-likeness (QED) is 0.306. The molecule has 4 aliphatic carbocycles. The molecule has 2 amide bonds. The molecule has 7 nitrogen and oxygen atoms in total. The number of hydrogen-bond acceptors (Lipinski definition) is 6. The SMILES string of the molecule is COC(=O)c1cc(-c2ccc(/C=N/N3C(=O)[C@@H]4[C@@H]5C=C[C@H]([C@H]6C[C@H]56)[C@@H]4C3=O)o2)ccc1Cl. The Balaban J connectivity index is 1.23. The number of halogens is 1. The maximum absolute atomic E-state index is 13.0. The van der Waals surface area contributed by atoms with Gasteiger partial charge in [0.1, 0.15) is 11.5 Å². The number of carbonyl (C=O) groups excluding carboxylic acids is 3. The molecular formula is C24H19ClN2O5. The number of furan rings is 1. The van der Waals surface area contributed by atoms with Crippen molar-refractivity contribution in [1.29, 1.82) is 0 Å². The number of nitrogens with zero attached hydrogens (tertiary/aromatic N) is 2. The summed E-state index contributed by atoms with van der Waals surface area (Å²) in [6, 6.07) is 8.30. The molecule has 0 radical (unpaired) electrons. The van der Waals surface area contributed by atoms with Gasteiger partial charge < -0.3 is 9.15 Å². The molecule has 0 N–H and O–H groups in total. The number of hydrazone groups is 1. The second-order valence-electron chi connectivity index (χ2n) is 8.78. The minimum absolute atomic E-state index is 0.163. The van der Waals surface area contributed by atoms with Gasteiger partial charge in [-0.25, -0.2) is 4.79 Å². The van der Waals surface area contributed by atoms with Crippen LogP contribution in [0, 0.1) is 35.5 Å². The predicted octanol–water partition coefficient (Wildman–Crippen LogP) is 3.77. The Bertz CT molecular complexity index is 1190. The molecule has 2 aromatic rings. The number of carbonyl (C=O) groups is 3. The van der Waals surface area contributed by atoms with E-state index in [9.17, 15) is 14.4 Å². The fourth-order valence-electron chi connectivity index (χ4n) is 5.69. The fourth-order valence-corrected chi connectivity index (χ4v) is 5.89. The largest absolute Gasteiger partial charge is 0.465 e. The molecule has 7 rings (SSSR count). The topological polar surface area (TPSA) is 89.2 Å². The van der Waals surface area contributed by atoms with Crippen LogP contribution in [0.3, 0.4) is 0 Å². The van der Waals surface area contributed by atoms with Gasteiger partial charge in [-0.3, -0.25) is 9.59 Å². The Labute approximate surface area is 188 Å². The first-order valence-corrected chi connectivity index (χ1v) is 10.9. The Kier molecular flexibility index (Phi) is 4.21. The molecule has 3 fully saturated rings. The van der Waals surface area contributed by atoms with Crippen molar-refractivity contribution in [2.24, 2.45) is 40.6 Å². The van der Waals surface area contributed by atoms with Crippen LogP contribution in [0.4, 0.5) is 0 Å². The normalized spacial score (nSPS) is 31.9.